The molecule has 2 amide bonds. The van der Waals surface area contributed by atoms with Gasteiger partial charge in [0.25, 0.3) is 20.0 Å². The highest BCUT2D eigenvalue weighted by Crippen LogP contribution is 2.68. The number of anilines is 2. The van der Waals surface area contributed by atoms with Gasteiger partial charge in [0.15, 0.2) is 23.4 Å². The topological polar surface area (TPSA) is 229 Å². The van der Waals surface area contributed by atoms with Crippen LogP contribution in [0.1, 0.15) is 104 Å². The lowest BCUT2D eigenvalue weighted by Crippen LogP contribution is -2.67. The molecule has 384 valence electrons. The maximum Gasteiger partial charge on any atom is 0.287 e. The predicted octanol–water partition coefficient (Wildman–Crippen LogP) is 6.05. The van der Waals surface area contributed by atoms with Crippen LogP contribution in [0, 0.1) is 81.8 Å². The van der Waals surface area contributed by atoms with Crippen molar-refractivity contribution in [1.29, 1.82) is 0 Å². The molecule has 2 N–H and O–H groups in total. The highest BCUT2D eigenvalue weighted by atomic mass is 32.2. The molecule has 8 aliphatic carbocycles. The number of hydrogen-bond donors (Lipinski definition) is 2. The first-order valence-corrected chi connectivity index (χ1v) is 31.8. The van der Waals surface area contributed by atoms with Crippen LogP contribution in [-0.2, 0) is 62.3 Å². The number of ketones is 2. The number of likely N-dealkylation sites (tertiary alicyclic amines) is 2. The van der Waals surface area contributed by atoms with Gasteiger partial charge in [-0.25, -0.2) is 8.42 Å². The Labute approximate surface area is 424 Å². The van der Waals surface area contributed by atoms with E-state index >= 15 is 0 Å². The zero-order valence-corrected chi connectivity index (χ0v) is 45.2. The summed E-state index contributed by atoms with van der Waals surface area (Å²) in [5, 5.41) is 9.28. The molecule has 14 rings (SSSR count). The molecular weight excluding hydrogens is 1010 g/mol. The number of piperidine rings is 2. The van der Waals surface area contributed by atoms with Crippen LogP contribution in [0.15, 0.2) is 29.3 Å². The SMILES string of the molecule is CC(C)(C)CCN1C(=O)C(C2=NS(=O)(=O)c3c(CN(Cc4csc5c4S(=O)(=O)N=C(C4C(=O)C6C7CCC(C8CC87)C6N(CCC(C)(C)C)C4=O)N5)S(C)(=O)=O)csc3N2)C(=O)C2C3CCC(C4CC43)C21. The zero-order valence-electron chi connectivity index (χ0n) is 41.1. The summed E-state index contributed by atoms with van der Waals surface area (Å²) >= 11 is 1.97. The molecule has 2 aromatic heterocycles. The Bertz CT molecular complexity index is 2920. The van der Waals surface area contributed by atoms with E-state index in [4.69, 9.17) is 0 Å². The summed E-state index contributed by atoms with van der Waals surface area (Å²) in [6, 6.07) is -0.416. The number of rotatable bonds is 11. The van der Waals surface area contributed by atoms with Gasteiger partial charge in [-0.15, -0.1) is 31.5 Å². The van der Waals surface area contributed by atoms with E-state index in [1.165, 1.54) is 10.8 Å². The van der Waals surface area contributed by atoms with Crippen molar-refractivity contribution in [3.05, 3.63) is 21.9 Å². The standard InChI is InChI=1S/C49H63N7O10S5/c1-48(2,3)12-14-55-36-26-10-8-24(28-16-30(26)28)32(36)38(57)34(46(55)59)42-50-44-40(70(63,64)52-42)22(20-67-44)18-54(69(7,61)62)19-23-21-68-45-41(23)71(65,66)53-43(51-45)35-39(58)33-25-9-11-27(31-17-29(25)31)37(33)56(47(35)60)15-13-49(4,5)6/h20-21,24-37H,8-19H2,1-7H3,(H,50,52)(H,51,53). The lowest BCUT2D eigenvalue weighted by Gasteiger charge is -2.55. The Balaban J connectivity index is 0.805. The third-order valence-corrected chi connectivity index (χ3v) is 24.4. The molecule has 2 saturated heterocycles. The van der Waals surface area contributed by atoms with Crippen LogP contribution in [0.3, 0.4) is 0 Å². The van der Waals surface area contributed by atoms with Gasteiger partial charge >= 0.3 is 0 Å². The number of amides is 2. The van der Waals surface area contributed by atoms with E-state index in [1.54, 1.807) is 0 Å². The molecular formula is C49H63N7O10S5. The summed E-state index contributed by atoms with van der Waals surface area (Å²) in [5.41, 5.74) is -0.0335. The van der Waals surface area contributed by atoms with E-state index in [1.807, 2.05) is 9.80 Å². The summed E-state index contributed by atoms with van der Waals surface area (Å²) in [5.74, 6) is -2.87. The minimum Gasteiger partial charge on any atom is -0.338 e. The van der Waals surface area contributed by atoms with Gasteiger partial charge in [0.2, 0.25) is 21.8 Å². The summed E-state index contributed by atoms with van der Waals surface area (Å²) in [6.07, 6.45) is 8.23. The second kappa shape index (κ2) is 16.0. The Morgan fingerprint density at radius 2 is 0.986 bits per heavy atom. The number of sulfonamides is 3. The van der Waals surface area contributed by atoms with Crippen LogP contribution in [0.25, 0.3) is 0 Å². The third-order valence-electron chi connectivity index (χ3n) is 18.2. The molecule has 0 spiro atoms. The number of thiophene rings is 2. The second-order valence-corrected chi connectivity index (χ2v) is 31.7. The minimum atomic E-state index is -4.60. The van der Waals surface area contributed by atoms with Crippen LogP contribution in [0.4, 0.5) is 10.0 Å². The summed E-state index contributed by atoms with van der Waals surface area (Å²) in [4.78, 5) is 61.6. The fourth-order valence-electron chi connectivity index (χ4n) is 14.9. The first-order valence-electron chi connectivity index (χ1n) is 25.3. The highest BCUT2D eigenvalue weighted by Gasteiger charge is 2.69. The number of hydrogen-bond acceptors (Lipinski definition) is 14. The first kappa shape index (κ1) is 48.4. The fourth-order valence-corrected chi connectivity index (χ4v) is 20.9. The number of amidine groups is 2. The van der Waals surface area contributed by atoms with Gasteiger partial charge in [0, 0.05) is 61.2 Å². The van der Waals surface area contributed by atoms with E-state index in [9.17, 15) is 44.4 Å². The van der Waals surface area contributed by atoms with E-state index in [0.717, 1.165) is 71.8 Å². The Morgan fingerprint density at radius 1 is 0.620 bits per heavy atom. The van der Waals surface area contributed by atoms with Crippen molar-refractivity contribution in [1.82, 2.24) is 14.1 Å². The van der Waals surface area contributed by atoms with Crippen molar-refractivity contribution in [3.8, 4) is 0 Å². The van der Waals surface area contributed by atoms with Crippen LogP contribution in [0.2, 0.25) is 0 Å². The van der Waals surface area contributed by atoms with Crippen molar-refractivity contribution < 1.29 is 44.4 Å². The Kier molecular flexibility index (Phi) is 10.9. The molecule has 4 bridgehead atoms. The van der Waals surface area contributed by atoms with E-state index in [2.05, 4.69) is 61.0 Å². The smallest absolute Gasteiger partial charge is 0.287 e. The average Bonchev–Trinajstić information content (AvgIpc) is 4.18. The van der Waals surface area contributed by atoms with Crippen LogP contribution < -0.4 is 10.6 Å². The van der Waals surface area contributed by atoms with E-state index < -0.39 is 78.6 Å². The predicted molar refractivity (Wildman–Crippen MR) is 268 cm³/mol. The minimum absolute atomic E-state index is 0.0752. The molecule has 8 saturated carbocycles. The number of nitrogens with zero attached hydrogens (tertiary/aromatic N) is 5. The van der Waals surface area contributed by atoms with Crippen molar-refractivity contribution in [2.75, 3.05) is 30.0 Å². The largest absolute Gasteiger partial charge is 0.338 e. The molecule has 17 nitrogen and oxygen atoms in total. The van der Waals surface area contributed by atoms with Gasteiger partial charge in [-0.3, -0.25) is 19.2 Å². The van der Waals surface area contributed by atoms with Crippen molar-refractivity contribution >= 4 is 97.8 Å². The number of carbonyl (C=O) groups is 4. The Hall–Kier alpha value is -3.57. The molecule has 12 aliphatic rings. The van der Waals surface area contributed by atoms with Crippen molar-refractivity contribution in [2.24, 2.45) is 90.6 Å². The number of Topliss-reactive ketones (excluding diaryl/α,β-unsaturated/α-hetero) is 2. The number of carbonyl (C=O) groups excluding carboxylic acids is 4. The molecule has 6 heterocycles. The van der Waals surface area contributed by atoms with Crippen molar-refractivity contribution in [2.45, 2.75) is 128 Å². The molecule has 0 radical (unpaired) electrons. The quantitative estimate of drug-likeness (QED) is 0.245. The number of fused-ring (bicyclic) bond motifs is 4. The average molecular weight is 1070 g/mol. The first-order chi connectivity index (χ1) is 33.2. The van der Waals surface area contributed by atoms with Gasteiger partial charge in [-0.2, -0.15) is 21.1 Å². The van der Waals surface area contributed by atoms with Crippen molar-refractivity contribution in [3.63, 3.8) is 0 Å². The van der Waals surface area contributed by atoms with Crippen LogP contribution >= 0.6 is 22.7 Å². The molecule has 10 fully saturated rings. The lowest BCUT2D eigenvalue weighted by atomic mass is 9.57. The molecule has 4 aliphatic heterocycles. The maximum absolute atomic E-state index is 14.6. The van der Waals surface area contributed by atoms with E-state index in [-0.39, 0.29) is 101 Å². The van der Waals surface area contributed by atoms with Gasteiger partial charge in [0.05, 0.1) is 6.26 Å². The molecule has 14 unspecified atom stereocenters. The lowest BCUT2D eigenvalue weighted by molar-refractivity contribution is -0.163. The van der Waals surface area contributed by atoms with Gasteiger partial charge in [0.1, 0.15) is 31.5 Å². The molecule has 22 heteroatoms. The van der Waals surface area contributed by atoms with E-state index in [0.29, 0.717) is 49.6 Å². The van der Waals surface area contributed by atoms with Crippen LogP contribution in [0.5, 0.6) is 0 Å². The monoisotopic (exact) mass is 1070 g/mol. The fraction of sp³-hybridized carbons (Fsp3) is 0.714. The Morgan fingerprint density at radius 3 is 1.35 bits per heavy atom. The maximum atomic E-state index is 14.6. The molecule has 14 atom stereocenters. The zero-order chi connectivity index (χ0) is 50.4. The summed E-state index contributed by atoms with van der Waals surface area (Å²) in [6.45, 7) is 12.5. The van der Waals surface area contributed by atoms with Gasteiger partial charge in [-0.1, -0.05) is 41.5 Å². The molecule has 71 heavy (non-hydrogen) atoms. The third kappa shape index (κ3) is 7.77. The summed E-state index contributed by atoms with van der Waals surface area (Å²) in [7, 11) is -13.4. The van der Waals surface area contributed by atoms with Crippen LogP contribution in [-0.4, -0.2) is 106 Å². The molecule has 0 aromatic carbocycles. The van der Waals surface area contributed by atoms with Gasteiger partial charge in [-0.05, 0) is 120 Å². The highest BCUT2D eigenvalue weighted by molar-refractivity contribution is 7.91. The summed E-state index contributed by atoms with van der Waals surface area (Å²) < 4.78 is 93.6. The normalized spacial score (nSPS) is 37.0. The molecule has 2 aromatic rings. The van der Waals surface area contributed by atoms with Gasteiger partial charge < -0.3 is 20.4 Å². The second-order valence-electron chi connectivity index (χ2n) is 24.8. The number of nitrogens with one attached hydrogen (secondary N) is 2.